The summed E-state index contributed by atoms with van der Waals surface area (Å²) >= 11 is 7.58. The van der Waals surface area contributed by atoms with E-state index in [-0.39, 0.29) is 5.91 Å². The van der Waals surface area contributed by atoms with Gasteiger partial charge in [-0.1, -0.05) is 11.6 Å². The second-order valence-corrected chi connectivity index (χ2v) is 6.03. The number of anilines is 2. The van der Waals surface area contributed by atoms with Gasteiger partial charge >= 0.3 is 0 Å². The summed E-state index contributed by atoms with van der Waals surface area (Å²) in [5.74, 6) is 2.69. The molecule has 0 aliphatic heterocycles. The molecule has 0 radical (unpaired) electrons. The molecule has 0 saturated heterocycles. The van der Waals surface area contributed by atoms with Crippen LogP contribution >= 0.6 is 23.4 Å². The van der Waals surface area contributed by atoms with Crippen molar-refractivity contribution in [2.75, 3.05) is 16.8 Å². The number of nitrogens with one attached hydrogen (secondary N) is 1. The first-order chi connectivity index (χ1) is 10.1. The Morgan fingerprint density at radius 2 is 2.24 bits per heavy atom. The Labute approximate surface area is 133 Å². The van der Waals surface area contributed by atoms with Crippen molar-refractivity contribution in [3.05, 3.63) is 47.4 Å². The van der Waals surface area contributed by atoms with Crippen LogP contribution in [0.1, 0.15) is 18.6 Å². The number of carbonyl (C=O) groups excluding carboxylic acids is 1. The number of hydrogen-bond donors (Lipinski definition) is 2. The van der Waals surface area contributed by atoms with Crippen molar-refractivity contribution in [3.8, 4) is 0 Å². The fourth-order valence-electron chi connectivity index (χ4n) is 1.75. The molecule has 0 aliphatic rings. The van der Waals surface area contributed by atoms with E-state index < -0.39 is 0 Å². The molecule has 1 aromatic heterocycles. The number of furan rings is 1. The van der Waals surface area contributed by atoms with Crippen LogP contribution in [0.5, 0.6) is 0 Å². The molecule has 2 rings (SSSR count). The number of carbonyl (C=O) groups is 1. The van der Waals surface area contributed by atoms with E-state index >= 15 is 0 Å². The number of hydrogen-bond acceptors (Lipinski definition) is 4. The Balaban J connectivity index is 1.64. The van der Waals surface area contributed by atoms with Gasteiger partial charge in [-0.2, -0.15) is 11.8 Å². The molecule has 0 spiro atoms. The monoisotopic (exact) mass is 324 g/mol. The summed E-state index contributed by atoms with van der Waals surface area (Å²) in [5.41, 5.74) is 6.82. The third-order valence-corrected chi connectivity index (χ3v) is 4.21. The van der Waals surface area contributed by atoms with Crippen LogP contribution in [0.3, 0.4) is 0 Å². The third-order valence-electron chi connectivity index (χ3n) is 2.80. The van der Waals surface area contributed by atoms with Gasteiger partial charge in [0.1, 0.15) is 5.76 Å². The lowest BCUT2D eigenvalue weighted by atomic mass is 10.2. The Morgan fingerprint density at radius 3 is 2.95 bits per heavy atom. The highest BCUT2D eigenvalue weighted by atomic mass is 35.5. The van der Waals surface area contributed by atoms with Crippen molar-refractivity contribution in [1.29, 1.82) is 0 Å². The molecule has 0 bridgehead atoms. The van der Waals surface area contributed by atoms with Gasteiger partial charge in [0.2, 0.25) is 5.91 Å². The van der Waals surface area contributed by atoms with Crippen LogP contribution in [0.15, 0.2) is 41.0 Å². The van der Waals surface area contributed by atoms with E-state index in [1.807, 2.05) is 12.1 Å². The van der Waals surface area contributed by atoms with Crippen LogP contribution in [-0.4, -0.2) is 11.7 Å². The quantitative estimate of drug-likeness (QED) is 0.592. The molecule has 4 nitrogen and oxygen atoms in total. The third kappa shape index (κ3) is 5.36. The van der Waals surface area contributed by atoms with E-state index in [0.29, 0.717) is 22.8 Å². The minimum Gasteiger partial charge on any atom is -0.468 e. The van der Waals surface area contributed by atoms with Crippen LogP contribution < -0.4 is 11.1 Å². The summed E-state index contributed by atoms with van der Waals surface area (Å²) in [6, 6.07) is 8.89. The van der Waals surface area contributed by atoms with E-state index in [9.17, 15) is 4.79 Å². The van der Waals surface area contributed by atoms with Gasteiger partial charge in [-0.05, 0) is 42.5 Å². The van der Waals surface area contributed by atoms with Gasteiger partial charge in [-0.3, -0.25) is 4.79 Å². The Morgan fingerprint density at radius 1 is 1.38 bits per heavy atom. The van der Waals surface area contributed by atoms with Crippen LogP contribution in [0.4, 0.5) is 11.4 Å². The molecule has 6 heteroatoms. The summed E-state index contributed by atoms with van der Waals surface area (Å²) in [4.78, 5) is 11.8. The number of nitrogen functional groups attached to an aromatic ring is 1. The lowest BCUT2D eigenvalue weighted by molar-refractivity contribution is -0.116. The first-order valence-electron chi connectivity index (χ1n) is 6.60. The molecule has 0 atom stereocenters. The van der Waals surface area contributed by atoms with Gasteiger partial charge in [0, 0.05) is 12.1 Å². The predicted molar refractivity (Wildman–Crippen MR) is 88.6 cm³/mol. The summed E-state index contributed by atoms with van der Waals surface area (Å²) in [6.45, 7) is 0. The second kappa shape index (κ2) is 8.00. The molecule has 0 fully saturated rings. The molecular formula is C15H17ClN2O2S. The van der Waals surface area contributed by atoms with E-state index in [4.69, 9.17) is 21.8 Å². The minimum absolute atomic E-state index is 0.0182. The van der Waals surface area contributed by atoms with E-state index in [1.165, 1.54) is 0 Å². The van der Waals surface area contributed by atoms with E-state index in [1.54, 1.807) is 36.2 Å². The zero-order chi connectivity index (χ0) is 15.1. The maximum absolute atomic E-state index is 11.8. The average Bonchev–Trinajstić information content (AvgIpc) is 2.96. The number of thioether (sulfide) groups is 1. The average molecular weight is 325 g/mol. The highest BCUT2D eigenvalue weighted by molar-refractivity contribution is 7.98. The van der Waals surface area contributed by atoms with Crippen LogP contribution in [-0.2, 0) is 10.5 Å². The molecule has 1 heterocycles. The number of amides is 1. The molecule has 21 heavy (non-hydrogen) atoms. The highest BCUT2D eigenvalue weighted by Gasteiger charge is 2.04. The SMILES string of the molecule is Nc1cc(NC(=O)CCCSCc2ccco2)ccc1Cl. The molecule has 112 valence electrons. The van der Waals surface area contributed by atoms with Crippen molar-refractivity contribution in [1.82, 2.24) is 0 Å². The summed E-state index contributed by atoms with van der Waals surface area (Å²) in [7, 11) is 0. The topological polar surface area (TPSA) is 68.3 Å². The molecule has 0 saturated carbocycles. The van der Waals surface area contributed by atoms with Gasteiger partial charge in [-0.15, -0.1) is 0 Å². The predicted octanol–water partition coefficient (Wildman–Crippen LogP) is 4.17. The molecule has 0 unspecified atom stereocenters. The second-order valence-electron chi connectivity index (χ2n) is 4.52. The van der Waals surface area contributed by atoms with Gasteiger partial charge < -0.3 is 15.5 Å². The largest absolute Gasteiger partial charge is 0.468 e. The van der Waals surface area contributed by atoms with Crippen molar-refractivity contribution < 1.29 is 9.21 Å². The lowest BCUT2D eigenvalue weighted by Gasteiger charge is -2.06. The zero-order valence-electron chi connectivity index (χ0n) is 11.5. The molecule has 1 aromatic carbocycles. The fraction of sp³-hybridized carbons (Fsp3) is 0.267. The molecule has 2 aromatic rings. The normalized spacial score (nSPS) is 10.5. The summed E-state index contributed by atoms with van der Waals surface area (Å²) in [6.07, 6.45) is 2.97. The molecule has 1 amide bonds. The Bertz CT molecular complexity index is 587. The zero-order valence-corrected chi connectivity index (χ0v) is 13.0. The fourth-order valence-corrected chi connectivity index (χ4v) is 2.72. The number of nitrogens with two attached hydrogens (primary N) is 1. The van der Waals surface area contributed by atoms with E-state index in [0.717, 1.165) is 23.7 Å². The van der Waals surface area contributed by atoms with Crippen LogP contribution in [0, 0.1) is 0 Å². The standard InChI is InChI=1S/C15H17ClN2O2S/c16-13-6-5-11(9-14(13)17)18-15(19)4-2-8-21-10-12-3-1-7-20-12/h1,3,5-7,9H,2,4,8,10,17H2,(H,18,19). The number of halogens is 1. The minimum atomic E-state index is -0.0182. The highest BCUT2D eigenvalue weighted by Crippen LogP contribution is 2.22. The van der Waals surface area contributed by atoms with Crippen LogP contribution in [0.25, 0.3) is 0 Å². The lowest BCUT2D eigenvalue weighted by Crippen LogP contribution is -2.11. The van der Waals surface area contributed by atoms with Crippen molar-refractivity contribution in [2.24, 2.45) is 0 Å². The summed E-state index contributed by atoms with van der Waals surface area (Å²) in [5, 5.41) is 3.30. The van der Waals surface area contributed by atoms with Gasteiger partial charge in [-0.25, -0.2) is 0 Å². The molecule has 0 aliphatic carbocycles. The first-order valence-corrected chi connectivity index (χ1v) is 8.13. The van der Waals surface area contributed by atoms with Gasteiger partial charge in [0.05, 0.1) is 22.7 Å². The van der Waals surface area contributed by atoms with Gasteiger partial charge in [0.25, 0.3) is 0 Å². The van der Waals surface area contributed by atoms with Gasteiger partial charge in [0.15, 0.2) is 0 Å². The number of rotatable bonds is 7. The first kappa shape index (κ1) is 15.8. The van der Waals surface area contributed by atoms with E-state index in [2.05, 4.69) is 5.32 Å². The maximum Gasteiger partial charge on any atom is 0.224 e. The Hall–Kier alpha value is -1.59. The Kier molecular flexibility index (Phi) is 6.02. The maximum atomic E-state index is 11.8. The van der Waals surface area contributed by atoms with Crippen molar-refractivity contribution in [2.45, 2.75) is 18.6 Å². The van der Waals surface area contributed by atoms with Crippen LogP contribution in [0.2, 0.25) is 5.02 Å². The summed E-state index contributed by atoms with van der Waals surface area (Å²) < 4.78 is 5.24. The smallest absolute Gasteiger partial charge is 0.224 e. The molecular weight excluding hydrogens is 308 g/mol. The molecule has 3 N–H and O–H groups in total. The van der Waals surface area contributed by atoms with Crippen molar-refractivity contribution in [3.63, 3.8) is 0 Å². The van der Waals surface area contributed by atoms with Crippen molar-refractivity contribution >= 4 is 40.6 Å². The number of benzene rings is 1.